The Labute approximate surface area is 149 Å². The van der Waals surface area contributed by atoms with Crippen LogP contribution in [0.1, 0.15) is 5.56 Å². The van der Waals surface area contributed by atoms with Crippen molar-refractivity contribution in [1.82, 2.24) is 9.88 Å². The summed E-state index contributed by atoms with van der Waals surface area (Å²) in [5.74, 6) is -0.0410. The fraction of sp³-hybridized carbons (Fsp3) is 0.294. The first-order valence-electron chi connectivity index (χ1n) is 7.79. The molecule has 0 aliphatic carbocycles. The number of ether oxygens (including phenoxy) is 1. The van der Waals surface area contributed by atoms with Crippen LogP contribution in [0.5, 0.6) is 5.88 Å². The summed E-state index contributed by atoms with van der Waals surface area (Å²) in [6, 6.07) is 8.07. The van der Waals surface area contributed by atoms with Crippen molar-refractivity contribution in [3.8, 4) is 5.88 Å². The maximum Gasteiger partial charge on any atom is 0.407 e. The van der Waals surface area contributed by atoms with E-state index in [0.29, 0.717) is 42.6 Å². The summed E-state index contributed by atoms with van der Waals surface area (Å²) < 4.78 is 19.6. The predicted molar refractivity (Wildman–Crippen MR) is 91.8 cm³/mol. The average Bonchev–Trinajstić information content (AvgIpc) is 2.61. The van der Waals surface area contributed by atoms with Crippen LogP contribution in [-0.4, -0.2) is 47.3 Å². The van der Waals surface area contributed by atoms with Crippen LogP contribution < -0.4 is 9.64 Å². The van der Waals surface area contributed by atoms with Gasteiger partial charge in [-0.1, -0.05) is 17.7 Å². The topological polar surface area (TPSA) is 65.9 Å². The molecular formula is C17H17ClFN3O3. The summed E-state index contributed by atoms with van der Waals surface area (Å²) in [6.45, 7) is 1.94. The number of nitrogens with zero attached hydrogens (tertiary/aromatic N) is 3. The maximum absolute atomic E-state index is 13.9. The van der Waals surface area contributed by atoms with Gasteiger partial charge in [-0.3, -0.25) is 0 Å². The molecule has 6 nitrogen and oxygen atoms in total. The SMILES string of the molecule is O=C(O)N1CCN(c2cccnc2OCc2ccc(Cl)cc2F)CC1. The number of carbonyl (C=O) groups is 1. The van der Waals surface area contributed by atoms with E-state index in [2.05, 4.69) is 4.98 Å². The van der Waals surface area contributed by atoms with Gasteiger partial charge in [0.25, 0.3) is 0 Å². The number of rotatable bonds is 4. The third-order valence-corrected chi connectivity index (χ3v) is 4.26. The Balaban J connectivity index is 1.70. The van der Waals surface area contributed by atoms with Crippen molar-refractivity contribution in [3.05, 3.63) is 52.9 Å². The summed E-state index contributed by atoms with van der Waals surface area (Å²) in [5, 5.41) is 9.36. The van der Waals surface area contributed by atoms with Gasteiger partial charge in [0.1, 0.15) is 12.4 Å². The summed E-state index contributed by atoms with van der Waals surface area (Å²) in [6.07, 6.45) is 0.686. The van der Waals surface area contributed by atoms with Crippen LogP contribution in [0.2, 0.25) is 5.02 Å². The van der Waals surface area contributed by atoms with Crippen molar-refractivity contribution in [2.75, 3.05) is 31.1 Å². The van der Waals surface area contributed by atoms with Crippen molar-refractivity contribution in [3.63, 3.8) is 0 Å². The fourth-order valence-electron chi connectivity index (χ4n) is 2.66. The Morgan fingerprint density at radius 2 is 2.04 bits per heavy atom. The second-order valence-electron chi connectivity index (χ2n) is 5.61. The second kappa shape index (κ2) is 7.57. The predicted octanol–water partition coefficient (Wildman–Crippen LogP) is 3.25. The zero-order chi connectivity index (χ0) is 17.8. The molecule has 8 heteroatoms. The number of hydrogen-bond donors (Lipinski definition) is 1. The minimum atomic E-state index is -0.916. The number of aromatic nitrogens is 1. The zero-order valence-corrected chi connectivity index (χ0v) is 14.1. The Hall–Kier alpha value is -2.54. The first kappa shape index (κ1) is 17.3. The van der Waals surface area contributed by atoms with E-state index in [-0.39, 0.29) is 6.61 Å². The molecule has 1 aromatic carbocycles. The van der Waals surface area contributed by atoms with Crippen molar-refractivity contribution in [2.45, 2.75) is 6.61 Å². The molecule has 0 spiro atoms. The number of pyridine rings is 1. The van der Waals surface area contributed by atoms with Crippen LogP contribution in [-0.2, 0) is 6.61 Å². The summed E-state index contributed by atoms with van der Waals surface area (Å²) >= 11 is 5.75. The Bertz CT molecular complexity index is 767. The Morgan fingerprint density at radius 3 is 2.72 bits per heavy atom. The largest absolute Gasteiger partial charge is 0.471 e. The van der Waals surface area contributed by atoms with E-state index >= 15 is 0 Å². The summed E-state index contributed by atoms with van der Waals surface area (Å²) in [7, 11) is 0. The molecule has 0 bridgehead atoms. The molecule has 132 valence electrons. The monoisotopic (exact) mass is 365 g/mol. The van der Waals surface area contributed by atoms with Crippen molar-refractivity contribution in [1.29, 1.82) is 0 Å². The highest BCUT2D eigenvalue weighted by Gasteiger charge is 2.23. The van der Waals surface area contributed by atoms with E-state index in [1.165, 1.54) is 11.0 Å². The highest BCUT2D eigenvalue weighted by Crippen LogP contribution is 2.27. The molecule has 1 fully saturated rings. The molecule has 0 atom stereocenters. The van der Waals surface area contributed by atoms with Gasteiger partial charge in [0, 0.05) is 43.0 Å². The number of amides is 1. The number of hydrogen-bond acceptors (Lipinski definition) is 4. The van der Waals surface area contributed by atoms with E-state index < -0.39 is 11.9 Å². The second-order valence-corrected chi connectivity index (χ2v) is 6.05. The lowest BCUT2D eigenvalue weighted by atomic mass is 10.2. The standard InChI is InChI=1S/C17H17ClFN3O3/c18-13-4-3-12(14(19)10-13)11-25-16-15(2-1-5-20-16)21-6-8-22(9-7-21)17(23)24/h1-5,10H,6-9,11H2,(H,23,24). The van der Waals surface area contributed by atoms with E-state index in [1.54, 1.807) is 24.4 Å². The van der Waals surface area contributed by atoms with Gasteiger partial charge in [0.2, 0.25) is 5.88 Å². The van der Waals surface area contributed by atoms with Crippen LogP contribution in [0.4, 0.5) is 14.9 Å². The first-order chi connectivity index (χ1) is 12.0. The van der Waals surface area contributed by atoms with E-state index in [9.17, 15) is 9.18 Å². The Morgan fingerprint density at radius 1 is 1.28 bits per heavy atom. The van der Waals surface area contributed by atoms with Crippen LogP contribution >= 0.6 is 11.6 Å². The molecule has 1 aromatic heterocycles. The van der Waals surface area contributed by atoms with Crippen molar-refractivity contribution in [2.24, 2.45) is 0 Å². The molecule has 25 heavy (non-hydrogen) atoms. The smallest absolute Gasteiger partial charge is 0.407 e. The summed E-state index contributed by atoms with van der Waals surface area (Å²) in [4.78, 5) is 18.6. The number of anilines is 1. The lowest BCUT2D eigenvalue weighted by molar-refractivity contribution is 0.142. The van der Waals surface area contributed by atoms with Gasteiger partial charge < -0.3 is 19.6 Å². The zero-order valence-electron chi connectivity index (χ0n) is 13.4. The van der Waals surface area contributed by atoms with Gasteiger partial charge in [-0.15, -0.1) is 0 Å². The minimum Gasteiger partial charge on any atom is -0.471 e. The van der Waals surface area contributed by atoms with Crippen molar-refractivity contribution >= 4 is 23.4 Å². The molecule has 1 saturated heterocycles. The van der Waals surface area contributed by atoms with Crippen LogP contribution in [0.25, 0.3) is 0 Å². The van der Waals surface area contributed by atoms with Gasteiger partial charge in [0.15, 0.2) is 0 Å². The third-order valence-electron chi connectivity index (χ3n) is 4.02. The molecule has 2 aromatic rings. The van der Waals surface area contributed by atoms with Gasteiger partial charge in [-0.2, -0.15) is 0 Å². The highest BCUT2D eigenvalue weighted by atomic mass is 35.5. The van der Waals surface area contributed by atoms with Gasteiger partial charge in [-0.05, 0) is 24.3 Å². The van der Waals surface area contributed by atoms with Crippen LogP contribution in [0.15, 0.2) is 36.5 Å². The van der Waals surface area contributed by atoms with Gasteiger partial charge in [-0.25, -0.2) is 14.2 Å². The summed E-state index contributed by atoms with van der Waals surface area (Å²) in [5.41, 5.74) is 1.15. The van der Waals surface area contributed by atoms with Gasteiger partial charge >= 0.3 is 6.09 Å². The number of benzene rings is 1. The first-order valence-corrected chi connectivity index (χ1v) is 8.17. The molecule has 1 N–H and O–H groups in total. The van der Waals surface area contributed by atoms with E-state index in [0.717, 1.165) is 5.69 Å². The van der Waals surface area contributed by atoms with Crippen LogP contribution in [0.3, 0.4) is 0 Å². The molecule has 0 saturated carbocycles. The highest BCUT2D eigenvalue weighted by molar-refractivity contribution is 6.30. The Kier molecular flexibility index (Phi) is 5.23. The molecule has 2 heterocycles. The lowest BCUT2D eigenvalue weighted by Gasteiger charge is -2.34. The van der Waals surface area contributed by atoms with Crippen LogP contribution in [0, 0.1) is 5.82 Å². The van der Waals surface area contributed by atoms with Crippen molar-refractivity contribution < 1.29 is 19.0 Å². The average molecular weight is 366 g/mol. The van der Waals surface area contributed by atoms with E-state index in [4.69, 9.17) is 21.4 Å². The minimum absolute atomic E-state index is 0.0299. The van der Waals surface area contributed by atoms with Gasteiger partial charge in [0.05, 0.1) is 5.69 Å². The molecule has 1 amide bonds. The molecule has 1 aliphatic heterocycles. The lowest BCUT2D eigenvalue weighted by Crippen LogP contribution is -2.48. The number of carboxylic acid groups (broad SMARTS) is 1. The molecule has 0 radical (unpaired) electrons. The number of halogens is 2. The molecule has 1 aliphatic rings. The number of piperazine rings is 1. The maximum atomic E-state index is 13.9. The molecule has 0 unspecified atom stereocenters. The fourth-order valence-corrected chi connectivity index (χ4v) is 2.82. The molecular weight excluding hydrogens is 349 g/mol. The van der Waals surface area contributed by atoms with E-state index in [1.807, 2.05) is 11.0 Å². The molecule has 3 rings (SSSR count). The third kappa shape index (κ3) is 4.11. The quantitative estimate of drug-likeness (QED) is 0.900. The normalized spacial score (nSPS) is 14.5.